The number of nitrogens with zero attached hydrogens (tertiary/aromatic N) is 4. The van der Waals surface area contributed by atoms with Gasteiger partial charge in [-0.05, 0) is 6.42 Å². The monoisotopic (exact) mass is 246 g/mol. The molecule has 0 aliphatic heterocycles. The predicted octanol–water partition coefficient (Wildman–Crippen LogP) is 0.296. The highest BCUT2D eigenvalue weighted by Crippen LogP contribution is 2.12. The van der Waals surface area contributed by atoms with Gasteiger partial charge in [0, 0.05) is 11.8 Å². The second kappa shape index (κ2) is 4.82. The summed E-state index contributed by atoms with van der Waals surface area (Å²) in [6.07, 6.45) is 4.82. The molecule has 0 bridgehead atoms. The number of nitrogens with two attached hydrogens (primary N) is 2. The summed E-state index contributed by atoms with van der Waals surface area (Å²) in [4.78, 5) is 19.3. The van der Waals surface area contributed by atoms with Crippen LogP contribution in [-0.2, 0) is 6.42 Å². The molecule has 0 saturated heterocycles. The lowest BCUT2D eigenvalue weighted by Gasteiger charge is -2.02. The molecule has 0 fully saturated rings. The fourth-order valence-electron chi connectivity index (χ4n) is 1.60. The van der Waals surface area contributed by atoms with Crippen molar-refractivity contribution in [1.29, 1.82) is 0 Å². The molecule has 7 heteroatoms. The van der Waals surface area contributed by atoms with Gasteiger partial charge in [0.15, 0.2) is 11.5 Å². The van der Waals surface area contributed by atoms with Crippen LogP contribution in [0.2, 0.25) is 0 Å². The summed E-state index contributed by atoms with van der Waals surface area (Å²) in [5.74, 6) is -0.0956. The Labute approximate surface area is 104 Å². The molecule has 7 nitrogen and oxygen atoms in total. The first-order chi connectivity index (χ1) is 8.61. The van der Waals surface area contributed by atoms with E-state index in [9.17, 15) is 4.79 Å². The average molecular weight is 246 g/mol. The molecule has 0 aliphatic carbocycles. The van der Waals surface area contributed by atoms with Gasteiger partial charge in [-0.3, -0.25) is 4.79 Å². The van der Waals surface area contributed by atoms with Crippen molar-refractivity contribution in [2.24, 2.45) is 5.73 Å². The molecule has 2 aromatic rings. The third-order valence-electron chi connectivity index (χ3n) is 2.43. The van der Waals surface area contributed by atoms with E-state index in [1.54, 1.807) is 6.07 Å². The van der Waals surface area contributed by atoms with Crippen molar-refractivity contribution in [3.8, 4) is 5.82 Å². The van der Waals surface area contributed by atoms with Crippen LogP contribution in [0.15, 0.2) is 18.6 Å². The predicted molar refractivity (Wildman–Crippen MR) is 66.1 cm³/mol. The van der Waals surface area contributed by atoms with Crippen molar-refractivity contribution in [2.45, 2.75) is 19.8 Å². The lowest BCUT2D eigenvalue weighted by Crippen LogP contribution is -2.14. The van der Waals surface area contributed by atoms with E-state index in [1.165, 1.54) is 17.2 Å². The van der Waals surface area contributed by atoms with Gasteiger partial charge in [0.1, 0.15) is 6.33 Å². The van der Waals surface area contributed by atoms with E-state index in [-0.39, 0.29) is 11.4 Å². The largest absolute Gasteiger partial charge is 0.396 e. The second-order valence-corrected chi connectivity index (χ2v) is 3.86. The molecule has 2 heterocycles. The highest BCUT2D eigenvalue weighted by Gasteiger charge is 2.13. The normalized spacial score (nSPS) is 10.5. The van der Waals surface area contributed by atoms with Gasteiger partial charge in [-0.15, -0.1) is 0 Å². The van der Waals surface area contributed by atoms with Crippen molar-refractivity contribution in [3.05, 3.63) is 30.0 Å². The first-order valence-corrected chi connectivity index (χ1v) is 5.58. The molecule has 0 aliphatic rings. The van der Waals surface area contributed by atoms with E-state index < -0.39 is 5.91 Å². The van der Waals surface area contributed by atoms with Crippen molar-refractivity contribution in [2.75, 3.05) is 5.73 Å². The standard InChI is InChI=1S/C11H14N6O/c1-2-3-7-4-9(15-6-14-7)17-5-8(12)10(16-17)11(13)18/h4-6H,2-3,12H2,1H3,(H2,13,18). The summed E-state index contributed by atoms with van der Waals surface area (Å²) in [6, 6.07) is 1.81. The molecule has 94 valence electrons. The van der Waals surface area contributed by atoms with E-state index in [4.69, 9.17) is 11.5 Å². The third kappa shape index (κ3) is 2.29. The number of aromatic nitrogens is 4. The van der Waals surface area contributed by atoms with Crippen molar-refractivity contribution in [3.63, 3.8) is 0 Å². The van der Waals surface area contributed by atoms with Gasteiger partial charge in [-0.1, -0.05) is 13.3 Å². The van der Waals surface area contributed by atoms with Gasteiger partial charge in [-0.2, -0.15) is 5.10 Å². The average Bonchev–Trinajstić information content (AvgIpc) is 2.72. The Hall–Kier alpha value is -2.44. The summed E-state index contributed by atoms with van der Waals surface area (Å²) in [6.45, 7) is 2.07. The maximum atomic E-state index is 11.1. The zero-order chi connectivity index (χ0) is 13.1. The molecule has 2 aromatic heterocycles. The zero-order valence-electron chi connectivity index (χ0n) is 10.00. The minimum absolute atomic E-state index is 0.0469. The molecule has 0 spiro atoms. The number of nitrogen functional groups attached to an aromatic ring is 1. The molecule has 0 saturated carbocycles. The van der Waals surface area contributed by atoms with E-state index in [2.05, 4.69) is 22.0 Å². The van der Waals surface area contributed by atoms with Gasteiger partial charge in [-0.25, -0.2) is 14.6 Å². The Morgan fingerprint density at radius 2 is 2.22 bits per heavy atom. The Kier molecular flexibility index (Phi) is 3.22. The quantitative estimate of drug-likeness (QED) is 0.805. The summed E-state index contributed by atoms with van der Waals surface area (Å²) in [5.41, 5.74) is 12.0. The molecule has 0 unspecified atom stereocenters. The van der Waals surface area contributed by atoms with Gasteiger partial charge in [0.25, 0.3) is 5.91 Å². The molecule has 0 atom stereocenters. The van der Waals surface area contributed by atoms with Crippen LogP contribution in [0, 0.1) is 0 Å². The van der Waals surface area contributed by atoms with Crippen LogP contribution in [0.25, 0.3) is 5.82 Å². The maximum absolute atomic E-state index is 11.1. The van der Waals surface area contributed by atoms with E-state index in [0.29, 0.717) is 5.82 Å². The summed E-state index contributed by atoms with van der Waals surface area (Å²) < 4.78 is 1.43. The minimum atomic E-state index is -0.658. The van der Waals surface area contributed by atoms with E-state index >= 15 is 0 Å². The molecular weight excluding hydrogens is 232 g/mol. The molecule has 4 N–H and O–H groups in total. The van der Waals surface area contributed by atoms with Gasteiger partial charge in [0.2, 0.25) is 0 Å². The molecule has 0 radical (unpaired) electrons. The van der Waals surface area contributed by atoms with Crippen molar-refractivity contribution >= 4 is 11.6 Å². The number of primary amides is 1. The van der Waals surface area contributed by atoms with Crippen LogP contribution < -0.4 is 11.5 Å². The van der Waals surface area contributed by atoms with E-state index in [1.807, 2.05) is 0 Å². The topological polar surface area (TPSA) is 113 Å². The number of rotatable bonds is 4. The van der Waals surface area contributed by atoms with Crippen LogP contribution in [0.3, 0.4) is 0 Å². The number of hydrogen-bond donors (Lipinski definition) is 2. The summed E-state index contributed by atoms with van der Waals surface area (Å²) in [7, 11) is 0. The molecule has 1 amide bonds. The van der Waals surface area contributed by atoms with Gasteiger partial charge < -0.3 is 11.5 Å². The number of aryl methyl sites for hydroxylation is 1. The lowest BCUT2D eigenvalue weighted by atomic mass is 10.2. The zero-order valence-corrected chi connectivity index (χ0v) is 10.00. The minimum Gasteiger partial charge on any atom is -0.396 e. The number of anilines is 1. The SMILES string of the molecule is CCCc1cc(-n2cc(N)c(C(N)=O)n2)ncn1. The summed E-state index contributed by atoms with van der Waals surface area (Å²) >= 11 is 0. The molecule has 2 rings (SSSR count). The van der Waals surface area contributed by atoms with Crippen LogP contribution in [0.5, 0.6) is 0 Å². The fraction of sp³-hybridized carbons (Fsp3) is 0.273. The number of carbonyl (C=O) groups excluding carboxylic acids is 1. The van der Waals surface area contributed by atoms with Gasteiger partial charge >= 0.3 is 0 Å². The first kappa shape index (κ1) is 12.0. The Morgan fingerprint density at radius 1 is 1.44 bits per heavy atom. The number of hydrogen-bond acceptors (Lipinski definition) is 5. The molecular formula is C11H14N6O. The van der Waals surface area contributed by atoms with E-state index in [0.717, 1.165) is 18.5 Å². The maximum Gasteiger partial charge on any atom is 0.271 e. The van der Waals surface area contributed by atoms with Crippen molar-refractivity contribution < 1.29 is 4.79 Å². The number of amides is 1. The Balaban J connectivity index is 2.39. The van der Waals surface area contributed by atoms with Crippen LogP contribution in [-0.4, -0.2) is 25.7 Å². The van der Waals surface area contributed by atoms with Crippen molar-refractivity contribution in [1.82, 2.24) is 19.7 Å². The van der Waals surface area contributed by atoms with Crippen LogP contribution in [0.1, 0.15) is 29.5 Å². The van der Waals surface area contributed by atoms with Crippen LogP contribution >= 0.6 is 0 Å². The Bertz CT molecular complexity index is 577. The van der Waals surface area contributed by atoms with Crippen LogP contribution in [0.4, 0.5) is 5.69 Å². The molecule has 18 heavy (non-hydrogen) atoms. The van der Waals surface area contributed by atoms with Gasteiger partial charge in [0.05, 0.1) is 11.9 Å². The fourth-order valence-corrected chi connectivity index (χ4v) is 1.60. The lowest BCUT2D eigenvalue weighted by molar-refractivity contribution is 0.0996. The second-order valence-electron chi connectivity index (χ2n) is 3.86. The summed E-state index contributed by atoms with van der Waals surface area (Å²) in [5, 5.41) is 4.01. The Morgan fingerprint density at radius 3 is 2.83 bits per heavy atom. The first-order valence-electron chi connectivity index (χ1n) is 5.58. The highest BCUT2D eigenvalue weighted by atomic mass is 16.1. The number of carbonyl (C=O) groups is 1. The highest BCUT2D eigenvalue weighted by molar-refractivity contribution is 5.95. The smallest absolute Gasteiger partial charge is 0.271 e. The third-order valence-corrected chi connectivity index (χ3v) is 2.43. The molecule has 0 aromatic carbocycles.